The summed E-state index contributed by atoms with van der Waals surface area (Å²) in [6.07, 6.45) is 4.81. The van der Waals surface area contributed by atoms with Crippen LogP contribution in [-0.4, -0.2) is 17.4 Å². The van der Waals surface area contributed by atoms with Gasteiger partial charge in [0.2, 0.25) is 5.91 Å². The van der Waals surface area contributed by atoms with Crippen molar-refractivity contribution in [1.29, 1.82) is 0 Å². The van der Waals surface area contributed by atoms with E-state index in [4.69, 9.17) is 5.73 Å². The molecule has 0 aliphatic rings. The van der Waals surface area contributed by atoms with Gasteiger partial charge in [0.15, 0.2) is 0 Å². The number of carbonyl (C=O) groups excluding carboxylic acids is 1. The molecule has 0 unspecified atom stereocenters. The molecule has 1 aromatic rings. The van der Waals surface area contributed by atoms with Crippen molar-refractivity contribution in [3.05, 3.63) is 29.5 Å². The molecule has 1 amide bonds. The average Bonchev–Trinajstić information content (AvgIpc) is 2.20. The predicted octanol–water partition coefficient (Wildman–Crippen LogP) is 1.51. The van der Waals surface area contributed by atoms with Gasteiger partial charge in [-0.05, 0) is 31.0 Å². The first-order chi connectivity index (χ1) is 7.59. The molecular formula is C12H17N3O. The Bertz CT molecular complexity index is 399. The van der Waals surface area contributed by atoms with Crippen molar-refractivity contribution in [2.24, 2.45) is 0 Å². The molecule has 0 atom stereocenters. The molecule has 0 saturated heterocycles. The van der Waals surface area contributed by atoms with Gasteiger partial charge in [-0.25, -0.2) is 4.98 Å². The minimum absolute atomic E-state index is 0.00117. The van der Waals surface area contributed by atoms with Gasteiger partial charge in [0.1, 0.15) is 5.82 Å². The van der Waals surface area contributed by atoms with Gasteiger partial charge in [-0.1, -0.05) is 12.2 Å². The van der Waals surface area contributed by atoms with Crippen LogP contribution in [0, 0.1) is 6.92 Å². The Hall–Kier alpha value is -1.84. The van der Waals surface area contributed by atoms with Crippen LogP contribution in [-0.2, 0) is 4.79 Å². The van der Waals surface area contributed by atoms with Crippen molar-refractivity contribution in [2.75, 3.05) is 12.3 Å². The summed E-state index contributed by atoms with van der Waals surface area (Å²) < 4.78 is 0. The van der Waals surface area contributed by atoms with E-state index >= 15 is 0 Å². The lowest BCUT2D eigenvalue weighted by Gasteiger charge is -2.01. The Balaban J connectivity index is 2.47. The predicted molar refractivity (Wildman–Crippen MR) is 65.7 cm³/mol. The van der Waals surface area contributed by atoms with E-state index < -0.39 is 0 Å². The van der Waals surface area contributed by atoms with E-state index in [9.17, 15) is 4.79 Å². The van der Waals surface area contributed by atoms with Crippen LogP contribution < -0.4 is 11.1 Å². The van der Waals surface area contributed by atoms with Crippen LogP contribution in [0.3, 0.4) is 0 Å². The number of aryl methyl sites for hydroxylation is 1. The fourth-order valence-corrected chi connectivity index (χ4v) is 1.31. The summed E-state index contributed by atoms with van der Waals surface area (Å²) in [5.41, 5.74) is 7.52. The number of aromatic nitrogens is 1. The fraction of sp³-hybridized carbons (Fsp3) is 0.333. The van der Waals surface area contributed by atoms with E-state index in [1.807, 2.05) is 25.1 Å². The van der Waals surface area contributed by atoms with E-state index in [1.54, 1.807) is 6.07 Å². The van der Waals surface area contributed by atoms with Crippen LogP contribution in [0.25, 0.3) is 6.08 Å². The van der Waals surface area contributed by atoms with Gasteiger partial charge in [-0.3, -0.25) is 4.79 Å². The number of nitrogen functional groups attached to an aromatic ring is 1. The van der Waals surface area contributed by atoms with Crippen molar-refractivity contribution < 1.29 is 4.79 Å². The molecule has 0 aliphatic heterocycles. The van der Waals surface area contributed by atoms with Crippen molar-refractivity contribution in [2.45, 2.75) is 20.3 Å². The summed E-state index contributed by atoms with van der Waals surface area (Å²) in [7, 11) is 0. The monoisotopic (exact) mass is 219 g/mol. The number of hydrogen-bond donors (Lipinski definition) is 2. The molecular weight excluding hydrogens is 202 g/mol. The van der Waals surface area contributed by atoms with Gasteiger partial charge in [-0.2, -0.15) is 0 Å². The second-order valence-electron chi connectivity index (χ2n) is 3.58. The highest BCUT2D eigenvalue weighted by Crippen LogP contribution is 2.09. The lowest BCUT2D eigenvalue weighted by molar-refractivity contribution is -0.118. The standard InChI is InChI=1S/C12H17N3O/c1-9-11(6-7-12(13)15-9)5-3-4-8-14-10(2)16/h3,5-7H,4,8H2,1-2H3,(H2,13,15)(H,14,16). The highest BCUT2D eigenvalue weighted by atomic mass is 16.1. The molecule has 0 aromatic carbocycles. The lowest BCUT2D eigenvalue weighted by atomic mass is 10.2. The molecule has 1 aromatic heterocycles. The molecule has 4 heteroatoms. The summed E-state index contributed by atoms with van der Waals surface area (Å²) in [6.45, 7) is 4.09. The number of nitrogens with one attached hydrogen (secondary N) is 1. The number of anilines is 1. The van der Waals surface area contributed by atoms with Crippen molar-refractivity contribution in [3.63, 3.8) is 0 Å². The number of amides is 1. The largest absolute Gasteiger partial charge is 0.384 e. The maximum atomic E-state index is 10.6. The number of rotatable bonds is 4. The molecule has 0 spiro atoms. The van der Waals surface area contributed by atoms with Crippen molar-refractivity contribution in [1.82, 2.24) is 10.3 Å². The smallest absolute Gasteiger partial charge is 0.216 e. The topological polar surface area (TPSA) is 68.0 Å². The molecule has 86 valence electrons. The molecule has 3 N–H and O–H groups in total. The highest BCUT2D eigenvalue weighted by Gasteiger charge is 1.95. The van der Waals surface area contributed by atoms with Gasteiger partial charge < -0.3 is 11.1 Å². The number of carbonyl (C=O) groups is 1. The van der Waals surface area contributed by atoms with Gasteiger partial charge in [0.25, 0.3) is 0 Å². The molecule has 0 bridgehead atoms. The molecule has 1 rings (SSSR count). The Kier molecular flexibility index (Phi) is 4.51. The Morgan fingerprint density at radius 1 is 1.56 bits per heavy atom. The fourth-order valence-electron chi connectivity index (χ4n) is 1.31. The number of nitrogens with zero attached hydrogens (tertiary/aromatic N) is 1. The molecule has 1 heterocycles. The van der Waals surface area contributed by atoms with Gasteiger partial charge >= 0.3 is 0 Å². The van der Waals surface area contributed by atoms with Gasteiger partial charge in [0.05, 0.1) is 0 Å². The van der Waals surface area contributed by atoms with Crippen LogP contribution >= 0.6 is 0 Å². The first-order valence-electron chi connectivity index (χ1n) is 5.23. The number of nitrogens with two attached hydrogens (primary N) is 1. The number of hydrogen-bond acceptors (Lipinski definition) is 3. The minimum Gasteiger partial charge on any atom is -0.384 e. The summed E-state index contributed by atoms with van der Waals surface area (Å²) in [6, 6.07) is 3.72. The summed E-state index contributed by atoms with van der Waals surface area (Å²) in [5, 5.41) is 2.73. The first-order valence-corrected chi connectivity index (χ1v) is 5.23. The van der Waals surface area contributed by atoms with E-state index in [2.05, 4.69) is 10.3 Å². The second-order valence-corrected chi connectivity index (χ2v) is 3.58. The van der Waals surface area contributed by atoms with Crippen LogP contribution in [0.5, 0.6) is 0 Å². The zero-order valence-corrected chi connectivity index (χ0v) is 9.66. The van der Waals surface area contributed by atoms with E-state index in [0.29, 0.717) is 12.4 Å². The van der Waals surface area contributed by atoms with Gasteiger partial charge in [-0.15, -0.1) is 0 Å². The maximum absolute atomic E-state index is 10.6. The highest BCUT2D eigenvalue weighted by molar-refractivity contribution is 5.72. The quantitative estimate of drug-likeness (QED) is 0.754. The first kappa shape index (κ1) is 12.2. The third-order valence-corrected chi connectivity index (χ3v) is 2.13. The van der Waals surface area contributed by atoms with Crippen LogP contribution in [0.1, 0.15) is 24.6 Å². The maximum Gasteiger partial charge on any atom is 0.216 e. The SMILES string of the molecule is CC(=O)NCCC=Cc1ccc(N)nc1C. The third-order valence-electron chi connectivity index (χ3n) is 2.13. The third kappa shape index (κ3) is 4.13. The molecule has 0 saturated carbocycles. The Labute approximate surface area is 95.6 Å². The zero-order chi connectivity index (χ0) is 12.0. The Morgan fingerprint density at radius 3 is 2.94 bits per heavy atom. The molecule has 0 aliphatic carbocycles. The second kappa shape index (κ2) is 5.90. The lowest BCUT2D eigenvalue weighted by Crippen LogP contribution is -2.20. The Morgan fingerprint density at radius 2 is 2.31 bits per heavy atom. The van der Waals surface area contributed by atoms with E-state index in [-0.39, 0.29) is 5.91 Å². The molecule has 0 radical (unpaired) electrons. The van der Waals surface area contributed by atoms with E-state index in [1.165, 1.54) is 6.92 Å². The summed E-state index contributed by atoms with van der Waals surface area (Å²) in [5.74, 6) is 0.534. The minimum atomic E-state index is -0.00117. The van der Waals surface area contributed by atoms with E-state index in [0.717, 1.165) is 17.7 Å². The average molecular weight is 219 g/mol. The summed E-state index contributed by atoms with van der Waals surface area (Å²) >= 11 is 0. The van der Waals surface area contributed by atoms with Crippen molar-refractivity contribution in [3.8, 4) is 0 Å². The summed E-state index contributed by atoms with van der Waals surface area (Å²) in [4.78, 5) is 14.8. The molecule has 4 nitrogen and oxygen atoms in total. The molecule has 16 heavy (non-hydrogen) atoms. The number of pyridine rings is 1. The van der Waals surface area contributed by atoms with Crippen molar-refractivity contribution >= 4 is 17.8 Å². The van der Waals surface area contributed by atoms with Crippen LogP contribution in [0.2, 0.25) is 0 Å². The molecule has 0 fully saturated rings. The zero-order valence-electron chi connectivity index (χ0n) is 9.66. The van der Waals surface area contributed by atoms with Crippen LogP contribution in [0.15, 0.2) is 18.2 Å². The normalized spacial score (nSPS) is 10.6. The van der Waals surface area contributed by atoms with Crippen LogP contribution in [0.4, 0.5) is 5.82 Å². The van der Waals surface area contributed by atoms with Gasteiger partial charge in [0, 0.05) is 19.2 Å².